The van der Waals surface area contributed by atoms with Gasteiger partial charge in [-0.05, 0) is 66.2 Å². The van der Waals surface area contributed by atoms with Crippen molar-refractivity contribution >= 4 is 39.3 Å². The first kappa shape index (κ1) is 23.7. The topological polar surface area (TPSA) is 52.6 Å². The maximum atomic E-state index is 13.2. The van der Waals surface area contributed by atoms with Gasteiger partial charge in [-0.2, -0.15) is 0 Å². The molecule has 170 valence electrons. The number of halogens is 2. The largest absolute Gasteiger partial charge is 0.489 e. The minimum atomic E-state index is -1.07. The predicted molar refractivity (Wildman–Crippen MR) is 135 cm³/mol. The van der Waals surface area contributed by atoms with E-state index in [1.807, 2.05) is 30.3 Å². The van der Waals surface area contributed by atoms with Crippen LogP contribution < -0.4 is 4.74 Å². The van der Waals surface area contributed by atoms with Crippen LogP contribution in [-0.4, -0.2) is 11.8 Å². The average Bonchev–Trinajstić information content (AvgIpc) is 2.88. The molecule has 0 saturated heterocycles. The Morgan fingerprint density at radius 3 is 2.03 bits per heavy atom. The molecule has 0 aliphatic carbocycles. The highest BCUT2D eigenvalue weighted by Gasteiger charge is 2.26. The van der Waals surface area contributed by atoms with Gasteiger partial charge >= 0.3 is 5.97 Å². The number of hydrogen-bond acceptors (Lipinski definition) is 4. The zero-order valence-corrected chi connectivity index (χ0v) is 20.3. The minimum Gasteiger partial charge on any atom is -0.489 e. The molecule has 0 aliphatic heterocycles. The fourth-order valence-electron chi connectivity index (χ4n) is 3.28. The third kappa shape index (κ3) is 6.13. The van der Waals surface area contributed by atoms with Gasteiger partial charge in [-0.3, -0.25) is 4.79 Å². The summed E-state index contributed by atoms with van der Waals surface area (Å²) in [5.74, 6) is -0.162. The molecule has 34 heavy (non-hydrogen) atoms. The van der Waals surface area contributed by atoms with E-state index in [9.17, 15) is 9.59 Å². The second-order valence-corrected chi connectivity index (χ2v) is 8.86. The van der Waals surface area contributed by atoms with Gasteiger partial charge in [0, 0.05) is 20.6 Å². The Bertz CT molecular complexity index is 1250. The summed E-state index contributed by atoms with van der Waals surface area (Å²) in [6.45, 7) is 0.360. The highest BCUT2D eigenvalue weighted by Crippen LogP contribution is 2.25. The Morgan fingerprint density at radius 2 is 1.38 bits per heavy atom. The molecule has 0 amide bonds. The van der Waals surface area contributed by atoms with Crippen molar-refractivity contribution in [3.8, 4) is 5.75 Å². The number of Topliss-reactive ketones (excluding diaryl/α,β-unsaturated/α-hetero) is 1. The SMILES string of the molecule is O=C(O[C@H](C(=O)c1ccc(Cl)cc1)c1ccccc1)c1ccc(COc2ccc(Br)cc2)cc1. The Hall–Kier alpha value is -3.41. The highest BCUT2D eigenvalue weighted by atomic mass is 79.9. The maximum Gasteiger partial charge on any atom is 0.339 e. The molecule has 4 aromatic rings. The van der Waals surface area contributed by atoms with Crippen molar-refractivity contribution in [3.05, 3.63) is 135 Å². The summed E-state index contributed by atoms with van der Waals surface area (Å²) in [5.41, 5.74) is 2.25. The fourth-order valence-corrected chi connectivity index (χ4v) is 3.67. The molecule has 4 aromatic carbocycles. The molecule has 0 aromatic heterocycles. The van der Waals surface area contributed by atoms with E-state index in [2.05, 4.69) is 15.9 Å². The number of ether oxygens (including phenoxy) is 2. The number of carbonyl (C=O) groups is 2. The van der Waals surface area contributed by atoms with Crippen LogP contribution in [0.2, 0.25) is 5.02 Å². The fraction of sp³-hybridized carbons (Fsp3) is 0.0714. The number of carbonyl (C=O) groups excluding carboxylic acids is 2. The van der Waals surface area contributed by atoms with Crippen molar-refractivity contribution in [3.63, 3.8) is 0 Å². The maximum absolute atomic E-state index is 13.2. The van der Waals surface area contributed by atoms with Crippen LogP contribution in [-0.2, 0) is 11.3 Å². The summed E-state index contributed by atoms with van der Waals surface area (Å²) >= 11 is 9.34. The van der Waals surface area contributed by atoms with Crippen LogP contribution in [0.4, 0.5) is 0 Å². The number of esters is 1. The summed E-state index contributed by atoms with van der Waals surface area (Å²) in [7, 11) is 0. The first-order chi connectivity index (χ1) is 16.5. The van der Waals surface area contributed by atoms with Crippen LogP contribution in [0.25, 0.3) is 0 Å². The molecule has 0 heterocycles. The molecule has 0 unspecified atom stereocenters. The van der Waals surface area contributed by atoms with Gasteiger partial charge in [-0.15, -0.1) is 0 Å². The van der Waals surface area contributed by atoms with E-state index >= 15 is 0 Å². The van der Waals surface area contributed by atoms with Crippen molar-refractivity contribution in [2.45, 2.75) is 12.7 Å². The third-order valence-corrected chi connectivity index (χ3v) is 5.88. The minimum absolute atomic E-state index is 0.323. The van der Waals surface area contributed by atoms with Crippen LogP contribution in [0.1, 0.15) is 37.9 Å². The highest BCUT2D eigenvalue weighted by molar-refractivity contribution is 9.10. The number of ketones is 1. The van der Waals surface area contributed by atoms with Crippen LogP contribution in [0, 0.1) is 0 Å². The summed E-state index contributed by atoms with van der Waals surface area (Å²) in [6.07, 6.45) is -1.07. The van der Waals surface area contributed by atoms with Crippen LogP contribution in [0.3, 0.4) is 0 Å². The van der Waals surface area contributed by atoms with E-state index in [0.717, 1.165) is 15.8 Å². The molecule has 0 fully saturated rings. The second-order valence-electron chi connectivity index (χ2n) is 7.51. The smallest absolute Gasteiger partial charge is 0.339 e. The van der Waals surface area contributed by atoms with Gasteiger partial charge in [-0.25, -0.2) is 4.79 Å². The van der Waals surface area contributed by atoms with Crippen molar-refractivity contribution in [2.24, 2.45) is 0 Å². The van der Waals surface area contributed by atoms with E-state index in [-0.39, 0.29) is 5.78 Å². The molecular formula is C28H20BrClO4. The second kappa shape index (κ2) is 11.1. The predicted octanol–water partition coefficient (Wildman–Crippen LogP) is 7.46. The van der Waals surface area contributed by atoms with Gasteiger partial charge in [0.25, 0.3) is 0 Å². The van der Waals surface area contributed by atoms with E-state index in [0.29, 0.717) is 28.3 Å². The molecule has 6 heteroatoms. The molecule has 0 aliphatic rings. The van der Waals surface area contributed by atoms with Crippen molar-refractivity contribution < 1.29 is 19.1 Å². The van der Waals surface area contributed by atoms with Gasteiger partial charge in [0.05, 0.1) is 5.56 Å². The molecule has 4 rings (SSSR count). The number of benzene rings is 4. The summed E-state index contributed by atoms with van der Waals surface area (Å²) in [6, 6.07) is 29.9. The van der Waals surface area contributed by atoms with E-state index in [1.54, 1.807) is 72.8 Å². The van der Waals surface area contributed by atoms with E-state index < -0.39 is 12.1 Å². The Morgan fingerprint density at radius 1 is 0.765 bits per heavy atom. The standard InChI is InChI=1S/C28H20BrClO4/c29-23-12-16-25(17-13-23)33-18-19-6-8-22(9-7-19)28(32)34-27(21-4-2-1-3-5-21)26(31)20-10-14-24(30)15-11-20/h1-17,27H,18H2/t27-/m0/s1. The summed E-state index contributed by atoms with van der Waals surface area (Å²) < 4.78 is 12.4. The monoisotopic (exact) mass is 534 g/mol. The van der Waals surface area contributed by atoms with Crippen LogP contribution >= 0.6 is 27.5 Å². The molecule has 0 spiro atoms. The quantitative estimate of drug-likeness (QED) is 0.174. The van der Waals surface area contributed by atoms with Crippen LogP contribution in [0.5, 0.6) is 5.75 Å². The lowest BCUT2D eigenvalue weighted by molar-refractivity contribution is 0.0280. The molecular weight excluding hydrogens is 516 g/mol. The first-order valence-electron chi connectivity index (χ1n) is 10.5. The van der Waals surface area contributed by atoms with Crippen molar-refractivity contribution in [2.75, 3.05) is 0 Å². The molecule has 0 N–H and O–H groups in total. The lowest BCUT2D eigenvalue weighted by Gasteiger charge is -2.18. The van der Waals surface area contributed by atoms with Crippen molar-refractivity contribution in [1.29, 1.82) is 0 Å². The Labute approximate surface area is 211 Å². The first-order valence-corrected chi connectivity index (χ1v) is 11.7. The molecule has 0 saturated carbocycles. The van der Waals surface area contributed by atoms with E-state index in [4.69, 9.17) is 21.1 Å². The molecule has 0 radical (unpaired) electrons. The van der Waals surface area contributed by atoms with Gasteiger partial charge in [0.1, 0.15) is 12.4 Å². The summed E-state index contributed by atoms with van der Waals surface area (Å²) in [5, 5.41) is 0.522. The molecule has 0 bridgehead atoms. The average molecular weight is 536 g/mol. The third-order valence-electron chi connectivity index (χ3n) is 5.10. The van der Waals surface area contributed by atoms with Crippen LogP contribution in [0.15, 0.2) is 108 Å². The van der Waals surface area contributed by atoms with Gasteiger partial charge in [0.2, 0.25) is 5.78 Å². The lowest BCUT2D eigenvalue weighted by atomic mass is 9.99. The van der Waals surface area contributed by atoms with Gasteiger partial charge < -0.3 is 9.47 Å². The number of rotatable bonds is 8. The zero-order valence-electron chi connectivity index (χ0n) is 18.0. The zero-order chi connectivity index (χ0) is 23.9. The molecule has 4 nitrogen and oxygen atoms in total. The van der Waals surface area contributed by atoms with E-state index in [1.165, 1.54) is 0 Å². The van der Waals surface area contributed by atoms with Crippen molar-refractivity contribution in [1.82, 2.24) is 0 Å². The number of hydrogen-bond donors (Lipinski definition) is 0. The Balaban J connectivity index is 1.47. The summed E-state index contributed by atoms with van der Waals surface area (Å²) in [4.78, 5) is 26.1. The van der Waals surface area contributed by atoms with Gasteiger partial charge in [-0.1, -0.05) is 70.0 Å². The van der Waals surface area contributed by atoms with Gasteiger partial charge in [0.15, 0.2) is 6.10 Å². The lowest BCUT2D eigenvalue weighted by Crippen LogP contribution is -2.20. The Kier molecular flexibility index (Phi) is 7.78. The normalized spacial score (nSPS) is 11.5. The molecule has 1 atom stereocenters.